The van der Waals surface area contributed by atoms with Gasteiger partial charge in [-0.1, -0.05) is 26.8 Å². The molecule has 7 heteroatoms. The van der Waals surface area contributed by atoms with Crippen molar-refractivity contribution in [1.82, 2.24) is 4.90 Å². The molecule has 24 heavy (non-hydrogen) atoms. The van der Waals surface area contributed by atoms with Crippen molar-refractivity contribution in [3.63, 3.8) is 0 Å². The van der Waals surface area contributed by atoms with Gasteiger partial charge in [-0.25, -0.2) is 0 Å². The van der Waals surface area contributed by atoms with E-state index >= 15 is 0 Å². The lowest BCUT2D eigenvalue weighted by Gasteiger charge is -2.30. The Balaban J connectivity index is 3.15. The molecule has 0 fully saturated rings. The molecule has 0 aliphatic carbocycles. The van der Waals surface area contributed by atoms with Crippen LogP contribution in [0.3, 0.4) is 0 Å². The first-order chi connectivity index (χ1) is 11.1. The van der Waals surface area contributed by atoms with E-state index in [0.29, 0.717) is 12.3 Å². The molecule has 1 unspecified atom stereocenters. The van der Waals surface area contributed by atoms with Crippen LogP contribution in [0.2, 0.25) is 0 Å². The van der Waals surface area contributed by atoms with Crippen LogP contribution in [0.5, 0.6) is 11.5 Å². The lowest BCUT2D eigenvalue weighted by molar-refractivity contribution is -0.137. The Morgan fingerprint density at radius 1 is 1.21 bits per heavy atom. The monoisotopic (exact) mass is 357 g/mol. The van der Waals surface area contributed by atoms with Crippen molar-refractivity contribution in [3.05, 3.63) is 23.8 Å². The van der Waals surface area contributed by atoms with Crippen LogP contribution < -0.4 is 8.92 Å². The van der Waals surface area contributed by atoms with Crippen LogP contribution in [0.25, 0.3) is 0 Å². The number of hydrogen-bond acceptors (Lipinski definition) is 5. The molecule has 1 atom stereocenters. The summed E-state index contributed by atoms with van der Waals surface area (Å²) in [6.45, 7) is 8.14. The van der Waals surface area contributed by atoms with Gasteiger partial charge in [0.2, 0.25) is 5.91 Å². The molecule has 0 aliphatic heterocycles. The third kappa shape index (κ3) is 5.70. The molecule has 0 saturated heterocycles. The standard InChI is InChI=1S/C17H27NO5S/c1-7-13(4)18(17(19)12(2)3)11-14-8-9-15(22-5)16(10-14)23-24(6,20)21/h8-10,12-13H,7,11H2,1-6H3. The average molecular weight is 357 g/mol. The Kier molecular flexibility index (Phi) is 7.08. The number of nitrogens with zero attached hydrogens (tertiary/aromatic N) is 1. The fourth-order valence-corrected chi connectivity index (χ4v) is 2.70. The molecule has 6 nitrogen and oxygen atoms in total. The summed E-state index contributed by atoms with van der Waals surface area (Å²) in [5, 5.41) is 0. The minimum Gasteiger partial charge on any atom is -0.493 e. The second kappa shape index (κ2) is 8.37. The van der Waals surface area contributed by atoms with Crippen LogP contribution >= 0.6 is 0 Å². The van der Waals surface area contributed by atoms with Crippen LogP contribution in [-0.2, 0) is 21.5 Å². The predicted molar refractivity (Wildman–Crippen MR) is 93.6 cm³/mol. The third-order valence-electron chi connectivity index (χ3n) is 3.72. The van der Waals surface area contributed by atoms with Crippen molar-refractivity contribution >= 4 is 16.0 Å². The summed E-state index contributed by atoms with van der Waals surface area (Å²) in [7, 11) is -2.22. The van der Waals surface area contributed by atoms with E-state index in [0.717, 1.165) is 18.2 Å². The highest BCUT2D eigenvalue weighted by Gasteiger charge is 2.22. The summed E-state index contributed by atoms with van der Waals surface area (Å²) < 4.78 is 32.9. The summed E-state index contributed by atoms with van der Waals surface area (Å²) in [6.07, 6.45) is 1.81. The zero-order valence-corrected chi connectivity index (χ0v) is 16.0. The van der Waals surface area contributed by atoms with Gasteiger partial charge in [-0.3, -0.25) is 4.79 Å². The largest absolute Gasteiger partial charge is 0.493 e. The molecule has 0 radical (unpaired) electrons. The van der Waals surface area contributed by atoms with Crippen molar-refractivity contribution in [1.29, 1.82) is 0 Å². The molecule has 1 amide bonds. The topological polar surface area (TPSA) is 72.9 Å². The smallest absolute Gasteiger partial charge is 0.306 e. The molecule has 1 aromatic rings. The maximum Gasteiger partial charge on any atom is 0.306 e. The lowest BCUT2D eigenvalue weighted by atomic mass is 10.1. The van der Waals surface area contributed by atoms with Crippen LogP contribution in [-0.4, -0.2) is 38.6 Å². The van der Waals surface area contributed by atoms with Gasteiger partial charge < -0.3 is 13.8 Å². The predicted octanol–water partition coefficient (Wildman–Crippen LogP) is 2.82. The highest BCUT2D eigenvalue weighted by atomic mass is 32.2. The summed E-state index contributed by atoms with van der Waals surface area (Å²) in [5.74, 6) is 0.405. The lowest BCUT2D eigenvalue weighted by Crippen LogP contribution is -2.40. The molecular formula is C17H27NO5S. The molecule has 0 spiro atoms. The zero-order chi connectivity index (χ0) is 18.5. The SMILES string of the molecule is CCC(C)N(Cc1ccc(OC)c(OS(C)(=O)=O)c1)C(=O)C(C)C. The number of benzene rings is 1. The first-order valence-electron chi connectivity index (χ1n) is 7.95. The van der Waals surface area contributed by atoms with Crippen LogP contribution in [0.15, 0.2) is 18.2 Å². The molecular weight excluding hydrogens is 330 g/mol. The van der Waals surface area contributed by atoms with Gasteiger partial charge in [-0.15, -0.1) is 0 Å². The number of amides is 1. The Morgan fingerprint density at radius 3 is 2.29 bits per heavy atom. The van der Waals surface area contributed by atoms with Crippen LogP contribution in [0.1, 0.15) is 39.7 Å². The van der Waals surface area contributed by atoms with E-state index < -0.39 is 10.1 Å². The van der Waals surface area contributed by atoms with E-state index in [-0.39, 0.29) is 23.6 Å². The first kappa shape index (κ1) is 20.3. The van der Waals surface area contributed by atoms with Crippen molar-refractivity contribution in [2.75, 3.05) is 13.4 Å². The normalized spacial score (nSPS) is 12.8. The number of methoxy groups -OCH3 is 1. The van der Waals surface area contributed by atoms with E-state index in [1.54, 1.807) is 23.1 Å². The summed E-state index contributed by atoms with van der Waals surface area (Å²) >= 11 is 0. The van der Waals surface area contributed by atoms with Gasteiger partial charge in [-0.05, 0) is 31.0 Å². The van der Waals surface area contributed by atoms with E-state index in [1.807, 2.05) is 27.7 Å². The minimum atomic E-state index is -3.67. The number of hydrogen-bond donors (Lipinski definition) is 0. The summed E-state index contributed by atoms with van der Waals surface area (Å²) in [4.78, 5) is 14.3. The summed E-state index contributed by atoms with van der Waals surface area (Å²) in [5.41, 5.74) is 0.781. The highest BCUT2D eigenvalue weighted by Crippen LogP contribution is 2.30. The number of carbonyl (C=O) groups excluding carboxylic acids is 1. The van der Waals surface area contributed by atoms with Gasteiger partial charge in [-0.2, -0.15) is 8.42 Å². The van der Waals surface area contributed by atoms with Crippen LogP contribution in [0.4, 0.5) is 0 Å². The Morgan fingerprint density at radius 2 is 1.83 bits per heavy atom. The second-order valence-corrected chi connectivity index (χ2v) is 7.73. The quantitative estimate of drug-likeness (QED) is 0.669. The van der Waals surface area contributed by atoms with E-state index in [2.05, 4.69) is 0 Å². The van der Waals surface area contributed by atoms with Crippen molar-refractivity contribution in [2.24, 2.45) is 5.92 Å². The van der Waals surface area contributed by atoms with Gasteiger partial charge >= 0.3 is 10.1 Å². The Labute approximate surface area is 144 Å². The van der Waals surface area contributed by atoms with Gasteiger partial charge in [0, 0.05) is 18.5 Å². The fraction of sp³-hybridized carbons (Fsp3) is 0.588. The molecule has 0 heterocycles. The Hall–Kier alpha value is -1.76. The number of rotatable bonds is 8. The number of carbonyl (C=O) groups is 1. The van der Waals surface area contributed by atoms with Crippen molar-refractivity contribution in [2.45, 2.75) is 46.7 Å². The van der Waals surface area contributed by atoms with E-state index in [9.17, 15) is 13.2 Å². The minimum absolute atomic E-state index is 0.0609. The van der Waals surface area contributed by atoms with E-state index in [4.69, 9.17) is 8.92 Å². The van der Waals surface area contributed by atoms with Gasteiger partial charge in [0.25, 0.3) is 0 Å². The maximum absolute atomic E-state index is 12.5. The molecule has 0 saturated carbocycles. The van der Waals surface area contributed by atoms with Gasteiger partial charge in [0.05, 0.1) is 13.4 Å². The number of ether oxygens (including phenoxy) is 1. The maximum atomic E-state index is 12.5. The first-order valence-corrected chi connectivity index (χ1v) is 9.77. The van der Waals surface area contributed by atoms with Crippen molar-refractivity contribution < 1.29 is 22.1 Å². The molecule has 0 aliphatic rings. The van der Waals surface area contributed by atoms with Gasteiger partial charge in [0.15, 0.2) is 11.5 Å². The zero-order valence-electron chi connectivity index (χ0n) is 15.2. The molecule has 0 aromatic heterocycles. The average Bonchev–Trinajstić information content (AvgIpc) is 2.49. The third-order valence-corrected chi connectivity index (χ3v) is 4.20. The molecule has 0 N–H and O–H groups in total. The molecule has 1 rings (SSSR count). The molecule has 1 aromatic carbocycles. The summed E-state index contributed by atoms with van der Waals surface area (Å²) in [6, 6.07) is 5.13. The molecule has 0 bridgehead atoms. The Bertz CT molecular complexity index is 670. The van der Waals surface area contributed by atoms with E-state index in [1.165, 1.54) is 7.11 Å². The highest BCUT2D eigenvalue weighted by molar-refractivity contribution is 7.86. The van der Waals surface area contributed by atoms with Crippen LogP contribution in [0, 0.1) is 5.92 Å². The second-order valence-electron chi connectivity index (χ2n) is 6.15. The fourth-order valence-electron chi connectivity index (χ4n) is 2.25. The van der Waals surface area contributed by atoms with Gasteiger partial charge in [0.1, 0.15) is 0 Å². The van der Waals surface area contributed by atoms with Crippen molar-refractivity contribution in [3.8, 4) is 11.5 Å². The molecule has 136 valence electrons.